The molecule has 0 radical (unpaired) electrons. The normalized spacial score (nSPS) is 13.0. The van der Waals surface area contributed by atoms with Crippen LogP contribution in [0.3, 0.4) is 0 Å². The Balaban J connectivity index is 1.18. The first-order chi connectivity index (χ1) is 24.8. The van der Waals surface area contributed by atoms with Gasteiger partial charge in [-0.25, -0.2) is 4.98 Å². The number of pyridine rings is 1. The van der Waals surface area contributed by atoms with Gasteiger partial charge in [0.15, 0.2) is 0 Å². The third kappa shape index (κ3) is 3.95. The molecule has 234 valence electrons. The van der Waals surface area contributed by atoms with Crippen LogP contribution in [0.4, 0.5) is 0 Å². The van der Waals surface area contributed by atoms with Gasteiger partial charge in [-0.15, -0.1) is 0 Å². The summed E-state index contributed by atoms with van der Waals surface area (Å²) < 4.78 is 4.82. The van der Waals surface area contributed by atoms with E-state index < -0.39 is 0 Å². The highest BCUT2D eigenvalue weighted by Crippen LogP contribution is 2.37. The zero-order chi connectivity index (χ0) is 32.8. The van der Waals surface area contributed by atoms with Crippen LogP contribution in [-0.2, 0) is 0 Å². The van der Waals surface area contributed by atoms with Gasteiger partial charge < -0.3 is 4.57 Å². The summed E-state index contributed by atoms with van der Waals surface area (Å²) >= 11 is 0. The molecule has 0 saturated carbocycles. The molecule has 0 N–H and O–H groups in total. The summed E-state index contributed by atoms with van der Waals surface area (Å²) in [5, 5.41) is 8.81. The average molecular weight is 638 g/mol. The van der Waals surface area contributed by atoms with E-state index in [4.69, 9.17) is 4.98 Å². The second-order valence-corrected chi connectivity index (χ2v) is 13.5. The minimum absolute atomic E-state index is 0.997. The fourth-order valence-electron chi connectivity index (χ4n) is 8.38. The van der Waals surface area contributed by atoms with E-state index in [0.29, 0.717) is 0 Å². The third-order valence-electron chi connectivity index (χ3n) is 10.7. The van der Waals surface area contributed by atoms with Crippen molar-refractivity contribution in [3.8, 4) is 27.9 Å². The van der Waals surface area contributed by atoms with Crippen LogP contribution in [0.1, 0.15) is 12.8 Å². The van der Waals surface area contributed by atoms with Crippen LogP contribution in [0.25, 0.3) is 100 Å². The molecule has 0 fully saturated rings. The maximum atomic E-state index is 5.15. The van der Waals surface area contributed by atoms with E-state index >= 15 is 0 Å². The molecule has 11 rings (SSSR count). The maximum absolute atomic E-state index is 5.15. The number of nitrogens with zero attached hydrogens (tertiary/aromatic N) is 3. The Morgan fingerprint density at radius 3 is 2.02 bits per heavy atom. The molecule has 3 aromatic heterocycles. The summed E-state index contributed by atoms with van der Waals surface area (Å²) in [5.74, 6) is 0. The molecule has 7 aromatic carbocycles. The molecule has 50 heavy (non-hydrogen) atoms. The quantitative estimate of drug-likeness (QED) is 0.177. The van der Waals surface area contributed by atoms with Crippen molar-refractivity contribution in [2.24, 2.45) is 0 Å². The molecule has 1 aliphatic rings. The first-order valence-corrected chi connectivity index (χ1v) is 17.5. The van der Waals surface area contributed by atoms with Crippen LogP contribution in [-0.4, -0.2) is 14.0 Å². The van der Waals surface area contributed by atoms with Crippen molar-refractivity contribution >= 4 is 72.3 Å². The zero-order valence-corrected chi connectivity index (χ0v) is 27.3. The van der Waals surface area contributed by atoms with E-state index in [1.54, 1.807) is 0 Å². The zero-order valence-electron chi connectivity index (χ0n) is 27.3. The Hall–Kier alpha value is -6.45. The lowest BCUT2D eigenvalue weighted by atomic mass is 9.98. The first-order valence-electron chi connectivity index (χ1n) is 17.5. The van der Waals surface area contributed by atoms with Crippen molar-refractivity contribution < 1.29 is 0 Å². The van der Waals surface area contributed by atoms with Gasteiger partial charge in [-0.2, -0.15) is 0 Å². The maximum Gasteiger partial charge on any atom is 0.146 e. The van der Waals surface area contributed by atoms with Crippen molar-refractivity contribution in [2.45, 2.75) is 12.8 Å². The number of hydrogen-bond donors (Lipinski definition) is 0. The Morgan fingerprint density at radius 1 is 0.440 bits per heavy atom. The molecule has 0 saturated heterocycles. The van der Waals surface area contributed by atoms with Crippen molar-refractivity contribution in [3.63, 3.8) is 0 Å². The Kier molecular flexibility index (Phi) is 5.79. The summed E-state index contributed by atoms with van der Waals surface area (Å²) in [6.45, 7) is 0. The number of imidazole rings is 1. The van der Waals surface area contributed by atoms with Gasteiger partial charge in [-0.1, -0.05) is 115 Å². The molecular weight excluding hydrogens is 607 g/mol. The van der Waals surface area contributed by atoms with Crippen LogP contribution < -0.4 is 10.4 Å². The topological polar surface area (TPSA) is 22.2 Å². The van der Waals surface area contributed by atoms with Gasteiger partial charge in [0.1, 0.15) is 5.65 Å². The smallest absolute Gasteiger partial charge is 0.146 e. The summed E-state index contributed by atoms with van der Waals surface area (Å²) in [5.41, 5.74) is 12.9. The van der Waals surface area contributed by atoms with Gasteiger partial charge in [-0.05, 0) is 94.2 Å². The fourth-order valence-corrected chi connectivity index (χ4v) is 8.38. The summed E-state index contributed by atoms with van der Waals surface area (Å²) in [4.78, 5) is 5.15. The van der Waals surface area contributed by atoms with E-state index in [-0.39, 0.29) is 0 Å². The average Bonchev–Trinajstić information content (AvgIpc) is 3.75. The Bertz CT molecular complexity index is 3130. The van der Waals surface area contributed by atoms with Gasteiger partial charge >= 0.3 is 0 Å². The number of para-hydroxylation sites is 3. The molecule has 0 unspecified atom stereocenters. The molecule has 0 aliphatic heterocycles. The lowest BCUT2D eigenvalue weighted by molar-refractivity contribution is 1.11. The molecule has 1 aliphatic carbocycles. The van der Waals surface area contributed by atoms with Gasteiger partial charge in [0.25, 0.3) is 0 Å². The number of benzene rings is 7. The van der Waals surface area contributed by atoms with E-state index in [1.165, 1.54) is 70.8 Å². The van der Waals surface area contributed by atoms with Crippen LogP contribution in [0.2, 0.25) is 0 Å². The minimum atomic E-state index is 0.997. The molecule has 0 amide bonds. The van der Waals surface area contributed by atoms with Gasteiger partial charge in [0, 0.05) is 32.5 Å². The lowest BCUT2D eigenvalue weighted by Gasteiger charge is -2.14. The molecule has 3 heterocycles. The van der Waals surface area contributed by atoms with Gasteiger partial charge in [-0.3, -0.25) is 4.40 Å². The lowest BCUT2D eigenvalue weighted by Crippen LogP contribution is -2.28. The fraction of sp³-hybridized carbons (Fsp3) is 0.0426. The largest absolute Gasteiger partial charge is 0.309 e. The molecular formula is C47H31N3. The minimum Gasteiger partial charge on any atom is -0.309 e. The standard InChI is InChI=1S/C47H31N3/c1-2-10-30(11-3-1)31-18-20-32(21-19-31)34-23-27-44-41(28-34)38-25-22-33-12-4-5-13-36(33)46(38)49(44)35-24-26-39-40(29-35)37-14-6-8-16-43(37)50-45-17-9-7-15-42(45)48-47(39)50/h1-3,6-29H,4-5H2. The van der Waals surface area contributed by atoms with Crippen LogP contribution in [0, 0.1) is 0 Å². The molecule has 0 bridgehead atoms. The first kappa shape index (κ1) is 27.5. The number of rotatable bonds is 3. The van der Waals surface area contributed by atoms with Crippen LogP contribution in [0.5, 0.6) is 0 Å². The second-order valence-electron chi connectivity index (χ2n) is 13.5. The SMILES string of the molecule is C1=c2ccc3c4cc(-c5ccc(-c6ccccc6)cc5)ccc4n(-c4ccc5c(c4)c4ccccc4n4c6ccccc6nc54)c3c2=CCC1. The number of hydrogen-bond acceptors (Lipinski definition) is 1. The van der Waals surface area contributed by atoms with E-state index in [9.17, 15) is 0 Å². The predicted molar refractivity (Wildman–Crippen MR) is 210 cm³/mol. The highest BCUT2D eigenvalue weighted by Gasteiger charge is 2.18. The summed E-state index contributed by atoms with van der Waals surface area (Å²) in [6, 6.07) is 55.4. The van der Waals surface area contributed by atoms with Crippen LogP contribution in [0.15, 0.2) is 152 Å². The molecule has 3 nitrogen and oxygen atoms in total. The van der Waals surface area contributed by atoms with E-state index in [1.807, 2.05) is 0 Å². The van der Waals surface area contributed by atoms with Crippen molar-refractivity contribution in [1.82, 2.24) is 14.0 Å². The molecule has 10 aromatic rings. The second kappa shape index (κ2) is 10.5. The predicted octanol–water partition coefficient (Wildman–Crippen LogP) is 10.6. The van der Waals surface area contributed by atoms with Crippen molar-refractivity contribution in [2.75, 3.05) is 0 Å². The van der Waals surface area contributed by atoms with Crippen molar-refractivity contribution in [3.05, 3.63) is 162 Å². The van der Waals surface area contributed by atoms with E-state index in [0.717, 1.165) is 40.6 Å². The highest BCUT2D eigenvalue weighted by molar-refractivity contribution is 6.15. The summed E-state index contributed by atoms with van der Waals surface area (Å²) in [7, 11) is 0. The molecule has 0 atom stereocenters. The Labute approximate surface area is 288 Å². The monoisotopic (exact) mass is 637 g/mol. The summed E-state index contributed by atoms with van der Waals surface area (Å²) in [6.07, 6.45) is 6.97. The van der Waals surface area contributed by atoms with Crippen molar-refractivity contribution in [1.29, 1.82) is 0 Å². The van der Waals surface area contributed by atoms with E-state index in [2.05, 4.69) is 173 Å². The highest BCUT2D eigenvalue weighted by atomic mass is 15.0. The van der Waals surface area contributed by atoms with Gasteiger partial charge in [0.05, 0.1) is 27.6 Å². The molecule has 3 heteroatoms. The third-order valence-corrected chi connectivity index (χ3v) is 10.7. The van der Waals surface area contributed by atoms with Gasteiger partial charge in [0.2, 0.25) is 0 Å². The Morgan fingerprint density at radius 2 is 1.14 bits per heavy atom. The number of fused-ring (bicyclic) bond motifs is 13. The molecule has 0 spiro atoms. The van der Waals surface area contributed by atoms with Crippen LogP contribution >= 0.6 is 0 Å². The number of aromatic nitrogens is 3.